The lowest BCUT2D eigenvalue weighted by Crippen LogP contribution is -2.30. The van der Waals surface area contributed by atoms with Crippen LogP contribution in [0.5, 0.6) is 0 Å². The molecule has 0 saturated heterocycles. The van der Waals surface area contributed by atoms with E-state index in [0.29, 0.717) is 11.8 Å². The van der Waals surface area contributed by atoms with Crippen LogP contribution in [0.4, 0.5) is 17.5 Å². The van der Waals surface area contributed by atoms with Gasteiger partial charge < -0.3 is 15.7 Å². The number of aryl methyl sites for hydroxylation is 1. The molecule has 146 valence electrons. The maximum atomic E-state index is 9.68. The highest BCUT2D eigenvalue weighted by Crippen LogP contribution is 2.26. The minimum absolute atomic E-state index is 0.0241. The Morgan fingerprint density at radius 1 is 0.964 bits per heavy atom. The lowest BCUT2D eigenvalue weighted by molar-refractivity contribution is 0.248. The molecule has 0 saturated carbocycles. The van der Waals surface area contributed by atoms with Gasteiger partial charge in [0.25, 0.3) is 0 Å². The van der Waals surface area contributed by atoms with Crippen molar-refractivity contribution in [3.63, 3.8) is 0 Å². The largest absolute Gasteiger partial charge is 0.394 e. The van der Waals surface area contributed by atoms with Crippen molar-refractivity contribution in [1.82, 2.24) is 9.97 Å². The third-order valence-electron chi connectivity index (χ3n) is 4.98. The van der Waals surface area contributed by atoms with E-state index in [9.17, 15) is 5.11 Å². The summed E-state index contributed by atoms with van der Waals surface area (Å²) in [5.74, 6) is 1.47. The number of hydrogen-bond acceptors (Lipinski definition) is 5. The Hall–Kier alpha value is -2.92. The van der Waals surface area contributed by atoms with Crippen LogP contribution in [0.2, 0.25) is 0 Å². The minimum atomic E-state index is -0.112. The Morgan fingerprint density at radius 3 is 2.39 bits per heavy atom. The van der Waals surface area contributed by atoms with Gasteiger partial charge in [0, 0.05) is 17.3 Å². The van der Waals surface area contributed by atoms with E-state index in [0.717, 1.165) is 16.9 Å². The first-order chi connectivity index (χ1) is 13.5. The Balaban J connectivity index is 2.00. The topological polar surface area (TPSA) is 70.1 Å². The van der Waals surface area contributed by atoms with Crippen LogP contribution in [-0.4, -0.2) is 27.7 Å². The fourth-order valence-corrected chi connectivity index (χ4v) is 2.95. The molecular weight excluding hydrogens is 348 g/mol. The molecule has 28 heavy (non-hydrogen) atoms. The second-order valence-corrected chi connectivity index (χ2v) is 7.38. The Kier molecular flexibility index (Phi) is 6.26. The quantitative estimate of drug-likeness (QED) is 0.545. The van der Waals surface area contributed by atoms with Gasteiger partial charge in [0.05, 0.1) is 18.3 Å². The molecule has 0 aliphatic rings. The highest BCUT2D eigenvalue weighted by Gasteiger charge is 2.15. The van der Waals surface area contributed by atoms with Gasteiger partial charge in [0.1, 0.15) is 5.82 Å². The summed E-state index contributed by atoms with van der Waals surface area (Å²) in [5.41, 5.74) is 5.27. The molecule has 0 bridgehead atoms. The lowest BCUT2D eigenvalue weighted by atomic mass is 10.1. The standard InChI is InChI=1S/C23H28N4O/c1-15(2)21(14-28)26-23-25-20(18-10-6-5-7-11-18)13-22(27-23)24-19-12-8-9-16(3)17(19)4/h5-13,15,21,28H,14H2,1-4H3,(H2,24,25,26,27)/t21-/m1/s1. The predicted molar refractivity (Wildman–Crippen MR) is 116 cm³/mol. The zero-order valence-electron chi connectivity index (χ0n) is 16.9. The summed E-state index contributed by atoms with van der Waals surface area (Å²) >= 11 is 0. The third-order valence-corrected chi connectivity index (χ3v) is 4.98. The van der Waals surface area contributed by atoms with Crippen LogP contribution in [0, 0.1) is 19.8 Å². The van der Waals surface area contributed by atoms with E-state index in [-0.39, 0.29) is 18.6 Å². The molecule has 1 atom stereocenters. The SMILES string of the molecule is Cc1cccc(Nc2cc(-c3ccccc3)nc(N[C@H](CO)C(C)C)n2)c1C. The second kappa shape index (κ2) is 8.85. The Morgan fingerprint density at radius 2 is 1.71 bits per heavy atom. The molecule has 2 aromatic carbocycles. The number of nitrogens with one attached hydrogen (secondary N) is 2. The minimum Gasteiger partial charge on any atom is -0.394 e. The molecule has 0 fully saturated rings. The summed E-state index contributed by atoms with van der Waals surface area (Å²) in [5, 5.41) is 16.4. The van der Waals surface area contributed by atoms with E-state index in [4.69, 9.17) is 0 Å². The van der Waals surface area contributed by atoms with E-state index in [2.05, 4.69) is 54.4 Å². The third kappa shape index (κ3) is 4.67. The molecule has 0 spiro atoms. The summed E-state index contributed by atoms with van der Waals surface area (Å²) in [6.45, 7) is 8.33. The average Bonchev–Trinajstić information content (AvgIpc) is 2.70. The molecule has 3 N–H and O–H groups in total. The first kappa shape index (κ1) is 19.8. The number of anilines is 3. The van der Waals surface area contributed by atoms with Gasteiger partial charge in [-0.05, 0) is 37.0 Å². The predicted octanol–water partition coefficient (Wildman–Crippen LogP) is 4.93. The van der Waals surface area contributed by atoms with E-state index < -0.39 is 0 Å². The first-order valence-corrected chi connectivity index (χ1v) is 9.63. The highest BCUT2D eigenvalue weighted by atomic mass is 16.3. The monoisotopic (exact) mass is 376 g/mol. The van der Waals surface area contributed by atoms with Crippen LogP contribution in [0.1, 0.15) is 25.0 Å². The van der Waals surface area contributed by atoms with Crippen LogP contribution in [0.3, 0.4) is 0 Å². The molecule has 0 aliphatic carbocycles. The van der Waals surface area contributed by atoms with Gasteiger partial charge in [-0.1, -0.05) is 56.3 Å². The van der Waals surface area contributed by atoms with E-state index >= 15 is 0 Å². The average molecular weight is 377 g/mol. The number of aliphatic hydroxyl groups is 1. The second-order valence-electron chi connectivity index (χ2n) is 7.38. The normalized spacial score (nSPS) is 12.1. The first-order valence-electron chi connectivity index (χ1n) is 9.63. The molecule has 3 aromatic rings. The lowest BCUT2D eigenvalue weighted by Gasteiger charge is -2.21. The van der Waals surface area contributed by atoms with Gasteiger partial charge in [-0.2, -0.15) is 4.98 Å². The Labute approximate surface area is 166 Å². The fraction of sp³-hybridized carbons (Fsp3) is 0.304. The molecule has 5 nitrogen and oxygen atoms in total. The molecule has 5 heteroatoms. The van der Waals surface area contributed by atoms with Gasteiger partial charge in [-0.15, -0.1) is 0 Å². The summed E-state index contributed by atoms with van der Waals surface area (Å²) in [6, 6.07) is 18.0. The smallest absolute Gasteiger partial charge is 0.225 e. The van der Waals surface area contributed by atoms with Gasteiger partial charge in [-0.25, -0.2) is 4.98 Å². The number of nitrogens with zero attached hydrogens (tertiary/aromatic N) is 2. The molecule has 0 aliphatic heterocycles. The van der Waals surface area contributed by atoms with Crippen molar-refractivity contribution in [2.75, 3.05) is 17.2 Å². The van der Waals surface area contributed by atoms with E-state index in [1.54, 1.807) is 0 Å². The molecule has 0 unspecified atom stereocenters. The number of hydrogen-bond donors (Lipinski definition) is 3. The molecule has 1 heterocycles. The zero-order valence-corrected chi connectivity index (χ0v) is 16.9. The maximum absolute atomic E-state index is 9.68. The van der Waals surface area contributed by atoms with Crippen molar-refractivity contribution in [3.8, 4) is 11.3 Å². The molecule has 0 amide bonds. The maximum Gasteiger partial charge on any atom is 0.225 e. The number of benzene rings is 2. The molecule has 0 radical (unpaired) electrons. The van der Waals surface area contributed by atoms with Crippen molar-refractivity contribution in [1.29, 1.82) is 0 Å². The Bertz CT molecular complexity index is 925. The van der Waals surface area contributed by atoms with Gasteiger partial charge >= 0.3 is 0 Å². The van der Waals surface area contributed by atoms with Crippen molar-refractivity contribution < 1.29 is 5.11 Å². The van der Waals surface area contributed by atoms with Crippen molar-refractivity contribution >= 4 is 17.5 Å². The van der Waals surface area contributed by atoms with Crippen molar-refractivity contribution in [2.24, 2.45) is 5.92 Å². The van der Waals surface area contributed by atoms with Gasteiger partial charge in [0.2, 0.25) is 5.95 Å². The van der Waals surface area contributed by atoms with Crippen LogP contribution in [0.25, 0.3) is 11.3 Å². The van der Waals surface area contributed by atoms with Crippen molar-refractivity contribution in [2.45, 2.75) is 33.7 Å². The number of aromatic nitrogens is 2. The van der Waals surface area contributed by atoms with E-state index in [1.165, 1.54) is 11.1 Å². The zero-order chi connectivity index (χ0) is 20.1. The van der Waals surface area contributed by atoms with Crippen LogP contribution < -0.4 is 10.6 Å². The van der Waals surface area contributed by atoms with Crippen LogP contribution in [0.15, 0.2) is 54.6 Å². The van der Waals surface area contributed by atoms with E-state index in [1.807, 2.05) is 48.5 Å². The van der Waals surface area contributed by atoms with Crippen LogP contribution >= 0.6 is 0 Å². The summed E-state index contributed by atoms with van der Waals surface area (Å²) < 4.78 is 0. The van der Waals surface area contributed by atoms with Gasteiger partial charge in [-0.3, -0.25) is 0 Å². The molecule has 1 aromatic heterocycles. The number of aliphatic hydroxyl groups excluding tert-OH is 1. The van der Waals surface area contributed by atoms with Crippen LogP contribution in [-0.2, 0) is 0 Å². The van der Waals surface area contributed by atoms with Gasteiger partial charge in [0.15, 0.2) is 0 Å². The summed E-state index contributed by atoms with van der Waals surface area (Å²) in [6.07, 6.45) is 0. The summed E-state index contributed by atoms with van der Waals surface area (Å²) in [4.78, 5) is 9.33. The fourth-order valence-electron chi connectivity index (χ4n) is 2.95. The molecule has 3 rings (SSSR count). The molecular formula is C23H28N4O. The van der Waals surface area contributed by atoms with Crippen molar-refractivity contribution in [3.05, 3.63) is 65.7 Å². The summed E-state index contributed by atoms with van der Waals surface area (Å²) in [7, 11) is 0. The number of rotatable bonds is 7. The highest BCUT2D eigenvalue weighted by molar-refractivity contribution is 5.69.